The molecule has 0 radical (unpaired) electrons. The Morgan fingerprint density at radius 2 is 2.15 bits per heavy atom. The van der Waals surface area contributed by atoms with Gasteiger partial charge in [-0.3, -0.25) is 0 Å². The predicted molar refractivity (Wildman–Crippen MR) is 78.3 cm³/mol. The molecule has 112 valence electrons. The van der Waals surface area contributed by atoms with Crippen molar-refractivity contribution in [1.82, 2.24) is 5.32 Å². The van der Waals surface area contributed by atoms with Gasteiger partial charge in [0, 0.05) is 36.3 Å². The third-order valence-electron chi connectivity index (χ3n) is 3.42. The molecule has 0 aromatic heterocycles. The number of thioether (sulfide) groups is 1. The van der Waals surface area contributed by atoms with Crippen LogP contribution in [0.3, 0.4) is 0 Å². The maximum Gasteiger partial charge on any atom is 0.418 e. The molecule has 1 unspecified atom stereocenters. The molecule has 1 aromatic rings. The van der Waals surface area contributed by atoms with E-state index in [1.807, 2.05) is 11.8 Å². The third-order valence-corrected chi connectivity index (χ3v) is 4.61. The summed E-state index contributed by atoms with van der Waals surface area (Å²) in [6.07, 6.45) is -4.32. The number of hydrogen-bond acceptors (Lipinski definition) is 3. The number of hydrogen-bond donors (Lipinski definition) is 1. The molecule has 0 bridgehead atoms. The summed E-state index contributed by atoms with van der Waals surface area (Å²) in [5.74, 6) is 1.75. The second-order valence-electron chi connectivity index (χ2n) is 5.00. The van der Waals surface area contributed by atoms with Crippen LogP contribution in [0.2, 0.25) is 0 Å². The highest BCUT2D eigenvalue weighted by atomic mass is 32.2. The van der Waals surface area contributed by atoms with Crippen molar-refractivity contribution in [2.24, 2.45) is 0 Å². The minimum Gasteiger partial charge on any atom is -0.367 e. The Morgan fingerprint density at radius 1 is 1.40 bits per heavy atom. The van der Waals surface area contributed by atoms with E-state index in [-0.39, 0.29) is 6.04 Å². The third kappa shape index (κ3) is 3.41. The van der Waals surface area contributed by atoms with E-state index in [0.717, 1.165) is 11.5 Å². The Labute approximate surface area is 121 Å². The second-order valence-corrected chi connectivity index (χ2v) is 6.15. The lowest BCUT2D eigenvalue weighted by atomic mass is 10.1. The molecule has 20 heavy (non-hydrogen) atoms. The number of benzene rings is 1. The van der Waals surface area contributed by atoms with Gasteiger partial charge in [0.1, 0.15) is 0 Å². The summed E-state index contributed by atoms with van der Waals surface area (Å²) >= 11 is 1.79. The van der Waals surface area contributed by atoms with Crippen LogP contribution in [-0.4, -0.2) is 31.1 Å². The highest BCUT2D eigenvalue weighted by molar-refractivity contribution is 7.99. The first-order valence-electron chi connectivity index (χ1n) is 6.62. The minimum absolute atomic E-state index is 0.130. The van der Waals surface area contributed by atoms with Crippen molar-refractivity contribution >= 4 is 17.4 Å². The van der Waals surface area contributed by atoms with Crippen LogP contribution in [0.25, 0.3) is 0 Å². The molecule has 1 aliphatic rings. The van der Waals surface area contributed by atoms with Crippen LogP contribution in [0, 0.1) is 0 Å². The number of anilines is 1. The summed E-state index contributed by atoms with van der Waals surface area (Å²) in [6, 6.07) is 4.78. The fourth-order valence-electron chi connectivity index (χ4n) is 2.46. The van der Waals surface area contributed by atoms with Gasteiger partial charge in [0.25, 0.3) is 0 Å². The molecule has 1 saturated heterocycles. The quantitative estimate of drug-likeness (QED) is 0.922. The van der Waals surface area contributed by atoms with Crippen molar-refractivity contribution in [3.05, 3.63) is 29.3 Å². The molecule has 6 heteroatoms. The number of alkyl halides is 3. The van der Waals surface area contributed by atoms with Crippen LogP contribution >= 0.6 is 11.8 Å². The largest absolute Gasteiger partial charge is 0.418 e. The van der Waals surface area contributed by atoms with Crippen molar-refractivity contribution in [1.29, 1.82) is 0 Å². The highest BCUT2D eigenvalue weighted by Gasteiger charge is 2.36. The van der Waals surface area contributed by atoms with E-state index in [1.165, 1.54) is 6.07 Å². The van der Waals surface area contributed by atoms with E-state index in [2.05, 4.69) is 5.32 Å². The maximum absolute atomic E-state index is 13.3. The van der Waals surface area contributed by atoms with Crippen LogP contribution in [0.15, 0.2) is 18.2 Å². The lowest BCUT2D eigenvalue weighted by Crippen LogP contribution is -2.41. The minimum atomic E-state index is -4.32. The lowest BCUT2D eigenvalue weighted by molar-refractivity contribution is -0.137. The molecule has 1 aromatic carbocycles. The Morgan fingerprint density at radius 3 is 2.75 bits per heavy atom. The van der Waals surface area contributed by atoms with Crippen molar-refractivity contribution in [2.45, 2.75) is 25.7 Å². The smallest absolute Gasteiger partial charge is 0.367 e. The predicted octanol–water partition coefficient (Wildman–Crippen LogP) is 3.37. The zero-order valence-corrected chi connectivity index (χ0v) is 12.4. The van der Waals surface area contributed by atoms with Crippen molar-refractivity contribution in [3.8, 4) is 0 Å². The summed E-state index contributed by atoms with van der Waals surface area (Å²) in [4.78, 5) is 1.88. The lowest BCUT2D eigenvalue weighted by Gasteiger charge is -2.36. The number of halogens is 3. The van der Waals surface area contributed by atoms with E-state index >= 15 is 0 Å². The van der Waals surface area contributed by atoms with Gasteiger partial charge in [-0.05, 0) is 31.7 Å². The number of rotatable bonds is 3. The van der Waals surface area contributed by atoms with E-state index < -0.39 is 11.7 Å². The zero-order chi connectivity index (χ0) is 14.8. The molecule has 2 nitrogen and oxygen atoms in total. The summed E-state index contributed by atoms with van der Waals surface area (Å²) < 4.78 is 39.9. The SMILES string of the molecule is CNCc1ccc(N2CCSCC2C)c(C(F)(F)F)c1. The Balaban J connectivity index is 2.40. The molecule has 0 spiro atoms. The first kappa shape index (κ1) is 15.5. The average molecular weight is 304 g/mol. The molecule has 1 aliphatic heterocycles. The molecular formula is C14H19F3N2S. The summed E-state index contributed by atoms with van der Waals surface area (Å²) in [5, 5.41) is 2.89. The molecule has 0 aliphatic carbocycles. The topological polar surface area (TPSA) is 15.3 Å². The van der Waals surface area contributed by atoms with E-state index in [1.54, 1.807) is 30.9 Å². The van der Waals surface area contributed by atoms with Crippen LogP contribution in [0.4, 0.5) is 18.9 Å². The van der Waals surface area contributed by atoms with Gasteiger partial charge in [0.15, 0.2) is 0 Å². The molecule has 1 atom stereocenters. The van der Waals surface area contributed by atoms with Crippen molar-refractivity contribution in [3.63, 3.8) is 0 Å². The van der Waals surface area contributed by atoms with Gasteiger partial charge < -0.3 is 10.2 Å². The van der Waals surface area contributed by atoms with Gasteiger partial charge >= 0.3 is 6.18 Å². The summed E-state index contributed by atoms with van der Waals surface area (Å²) in [5.41, 5.74) is 0.441. The highest BCUT2D eigenvalue weighted by Crippen LogP contribution is 2.39. The van der Waals surface area contributed by atoms with Gasteiger partial charge in [0.2, 0.25) is 0 Å². The molecule has 1 fully saturated rings. The van der Waals surface area contributed by atoms with Crippen LogP contribution < -0.4 is 10.2 Å². The van der Waals surface area contributed by atoms with Gasteiger partial charge in [-0.15, -0.1) is 0 Å². The normalized spacial score (nSPS) is 20.2. The fourth-order valence-corrected chi connectivity index (χ4v) is 3.47. The molecule has 1 N–H and O–H groups in total. The van der Waals surface area contributed by atoms with E-state index in [9.17, 15) is 13.2 Å². The van der Waals surface area contributed by atoms with Gasteiger partial charge in [-0.1, -0.05) is 6.07 Å². The van der Waals surface area contributed by atoms with Gasteiger partial charge in [-0.25, -0.2) is 0 Å². The Kier molecular flexibility index (Phi) is 4.86. The summed E-state index contributed by atoms with van der Waals surface area (Å²) in [7, 11) is 1.73. The summed E-state index contributed by atoms with van der Waals surface area (Å²) in [6.45, 7) is 3.09. The molecule has 0 saturated carbocycles. The first-order valence-corrected chi connectivity index (χ1v) is 7.78. The zero-order valence-electron chi connectivity index (χ0n) is 11.6. The first-order chi connectivity index (χ1) is 9.43. The average Bonchev–Trinajstić information content (AvgIpc) is 2.39. The van der Waals surface area contributed by atoms with E-state index in [4.69, 9.17) is 0 Å². The van der Waals surface area contributed by atoms with Crippen LogP contribution in [0.5, 0.6) is 0 Å². The Bertz CT molecular complexity index is 462. The molecule has 2 rings (SSSR count). The molecule has 1 heterocycles. The van der Waals surface area contributed by atoms with Crippen molar-refractivity contribution in [2.75, 3.05) is 30.0 Å². The monoisotopic (exact) mass is 304 g/mol. The van der Waals surface area contributed by atoms with Crippen LogP contribution in [0.1, 0.15) is 18.1 Å². The Hall–Kier alpha value is -0.880. The standard InChI is InChI=1S/C14H19F3N2S/c1-10-9-20-6-5-19(10)13-4-3-11(8-18-2)7-12(13)14(15,16)17/h3-4,7,10,18H,5-6,8-9H2,1-2H3. The fraction of sp³-hybridized carbons (Fsp3) is 0.571. The van der Waals surface area contributed by atoms with E-state index in [0.29, 0.717) is 24.3 Å². The molecular weight excluding hydrogens is 285 g/mol. The molecule has 0 amide bonds. The number of nitrogens with zero attached hydrogens (tertiary/aromatic N) is 1. The number of nitrogens with one attached hydrogen (secondary N) is 1. The van der Waals surface area contributed by atoms with Crippen molar-refractivity contribution < 1.29 is 13.2 Å². The maximum atomic E-state index is 13.3. The van der Waals surface area contributed by atoms with Crippen LogP contribution in [-0.2, 0) is 12.7 Å². The second kappa shape index (κ2) is 6.26. The van der Waals surface area contributed by atoms with Gasteiger partial charge in [-0.2, -0.15) is 24.9 Å². The van der Waals surface area contributed by atoms with Gasteiger partial charge in [0.05, 0.1) is 5.56 Å².